The Morgan fingerprint density at radius 2 is 1.50 bits per heavy atom. The van der Waals surface area contributed by atoms with Crippen molar-refractivity contribution in [2.75, 3.05) is 0 Å². The summed E-state index contributed by atoms with van der Waals surface area (Å²) >= 11 is 0. The minimum atomic E-state index is -4.65. The molecule has 0 saturated heterocycles. The van der Waals surface area contributed by atoms with Crippen LogP contribution in [0.25, 0.3) is 0 Å². The van der Waals surface area contributed by atoms with Crippen molar-refractivity contribution in [3.63, 3.8) is 0 Å². The summed E-state index contributed by atoms with van der Waals surface area (Å²) in [5.74, 6) is 0. The Kier molecular flexibility index (Phi) is 6.32. The Hall–Kier alpha value is 1.49. The molecular formula is C5H11BF3K. The van der Waals surface area contributed by atoms with Crippen molar-refractivity contribution in [2.24, 2.45) is 0 Å². The van der Waals surface area contributed by atoms with Crippen molar-refractivity contribution in [2.45, 2.75) is 32.5 Å². The van der Waals surface area contributed by atoms with Gasteiger partial charge in [0.25, 0.3) is 0 Å². The molecule has 56 valence electrons. The first-order valence-corrected chi connectivity index (χ1v) is 3.00. The summed E-state index contributed by atoms with van der Waals surface area (Å²) in [5.41, 5.74) is 0. The molecule has 10 heavy (non-hydrogen) atoms. The predicted octanol–water partition coefficient (Wildman–Crippen LogP) is 0.0280. The largest absolute Gasteiger partial charge is 1.00 e. The van der Waals surface area contributed by atoms with E-state index < -0.39 is 12.3 Å². The van der Waals surface area contributed by atoms with Crippen molar-refractivity contribution in [1.82, 2.24) is 0 Å². The molecule has 0 spiro atoms. The molecule has 5 heteroatoms. The van der Waals surface area contributed by atoms with Gasteiger partial charge in [0.05, 0.1) is 0 Å². The molecule has 0 amide bonds. The van der Waals surface area contributed by atoms with Gasteiger partial charge in [-0.25, -0.2) is 0 Å². The molecule has 0 aromatic rings. The van der Waals surface area contributed by atoms with E-state index in [1.807, 2.05) is 0 Å². The van der Waals surface area contributed by atoms with Crippen LogP contribution in [0.1, 0.15) is 27.2 Å². The van der Waals surface area contributed by atoms with E-state index in [2.05, 4.69) is 0 Å². The second kappa shape index (κ2) is 4.50. The Balaban J connectivity index is 0. The monoisotopic (exact) mass is 178 g/mol. The summed E-state index contributed by atoms with van der Waals surface area (Å²) in [6.07, 6.45) is 0.163. The first-order chi connectivity index (χ1) is 3.81. The summed E-state index contributed by atoms with van der Waals surface area (Å²) in [6.45, 7) is -0.644. The summed E-state index contributed by atoms with van der Waals surface area (Å²) < 4.78 is 35.7. The summed E-state index contributed by atoms with van der Waals surface area (Å²) in [4.78, 5) is 0. The zero-order chi connectivity index (χ0) is 7.71. The minimum absolute atomic E-state index is 0. The van der Waals surface area contributed by atoms with Gasteiger partial charge in [0.2, 0.25) is 0 Å². The summed E-state index contributed by atoms with van der Waals surface area (Å²) in [7, 11) is 0. The van der Waals surface area contributed by atoms with Crippen molar-refractivity contribution in [1.29, 1.82) is 0 Å². The normalized spacial score (nSPS) is 12.6. The van der Waals surface area contributed by atoms with Gasteiger partial charge in [-0.1, -0.05) is 32.5 Å². The SMILES string of the molecule is CCC(C)(C)[B-](F)(F)F.[K+]. The Morgan fingerprint density at radius 3 is 1.50 bits per heavy atom. The van der Waals surface area contributed by atoms with Crippen molar-refractivity contribution in [3.05, 3.63) is 0 Å². The van der Waals surface area contributed by atoms with Gasteiger partial charge >= 0.3 is 58.4 Å². The third-order valence-corrected chi connectivity index (χ3v) is 1.80. The summed E-state index contributed by atoms with van der Waals surface area (Å²) in [6, 6.07) is 0. The Bertz CT molecular complexity index is 99.6. The fraction of sp³-hybridized carbons (Fsp3) is 1.00. The van der Waals surface area contributed by atoms with Crippen LogP contribution in [-0.2, 0) is 0 Å². The Labute approximate surface area is 102 Å². The van der Waals surface area contributed by atoms with Crippen molar-refractivity contribution < 1.29 is 64.3 Å². The van der Waals surface area contributed by atoms with E-state index in [0.29, 0.717) is 0 Å². The second-order valence-corrected chi connectivity index (χ2v) is 2.92. The maximum Gasteiger partial charge on any atom is 1.00 e. The molecule has 0 nitrogen and oxygen atoms in total. The van der Waals surface area contributed by atoms with Gasteiger partial charge in [0.15, 0.2) is 0 Å². The fourth-order valence-electron chi connectivity index (χ4n) is 0.231. The van der Waals surface area contributed by atoms with Crippen LogP contribution in [0.15, 0.2) is 0 Å². The molecule has 0 unspecified atom stereocenters. The molecule has 0 aliphatic rings. The van der Waals surface area contributed by atoms with Gasteiger partial charge in [0.1, 0.15) is 0 Å². The van der Waals surface area contributed by atoms with Crippen LogP contribution in [-0.4, -0.2) is 6.98 Å². The number of rotatable bonds is 2. The number of hydrogen-bond acceptors (Lipinski definition) is 0. The molecule has 0 aromatic heterocycles. The summed E-state index contributed by atoms with van der Waals surface area (Å²) in [5, 5.41) is -1.46. The van der Waals surface area contributed by atoms with Gasteiger partial charge < -0.3 is 12.9 Å². The topological polar surface area (TPSA) is 0 Å². The van der Waals surface area contributed by atoms with Gasteiger partial charge in [-0.05, 0) is 0 Å². The van der Waals surface area contributed by atoms with E-state index in [1.54, 1.807) is 6.92 Å². The molecule has 0 saturated carbocycles. The molecule has 0 N–H and O–H groups in total. The standard InChI is InChI=1S/C5H11BF3.K/c1-4-5(2,3)6(7,8)9;/h4H2,1-3H3;/q-1;+1. The van der Waals surface area contributed by atoms with E-state index in [-0.39, 0.29) is 57.8 Å². The van der Waals surface area contributed by atoms with Crippen LogP contribution in [0.5, 0.6) is 0 Å². The first-order valence-electron chi connectivity index (χ1n) is 3.00. The van der Waals surface area contributed by atoms with E-state index in [4.69, 9.17) is 0 Å². The maximum absolute atomic E-state index is 11.9. The quantitative estimate of drug-likeness (QED) is 0.523. The molecule has 0 aliphatic heterocycles. The molecule has 0 aromatic carbocycles. The Morgan fingerprint density at radius 1 is 1.20 bits per heavy atom. The van der Waals surface area contributed by atoms with Gasteiger partial charge in [-0.2, -0.15) is 0 Å². The van der Waals surface area contributed by atoms with Crippen LogP contribution in [0, 0.1) is 0 Å². The number of hydrogen-bond donors (Lipinski definition) is 0. The van der Waals surface area contributed by atoms with E-state index >= 15 is 0 Å². The maximum atomic E-state index is 11.9. The molecule has 0 fully saturated rings. The van der Waals surface area contributed by atoms with Gasteiger partial charge in [-0.15, -0.1) is 0 Å². The number of halogens is 3. The molecule has 0 bridgehead atoms. The smallest absolute Gasteiger partial charge is 0.449 e. The zero-order valence-corrected chi connectivity index (χ0v) is 10.0. The second-order valence-electron chi connectivity index (χ2n) is 2.92. The van der Waals surface area contributed by atoms with Crippen LogP contribution in [0.4, 0.5) is 12.9 Å². The van der Waals surface area contributed by atoms with Crippen LogP contribution >= 0.6 is 0 Å². The third kappa shape index (κ3) is 3.76. The molecule has 0 atom stereocenters. The first kappa shape index (κ1) is 14.0. The molecule has 0 rings (SSSR count). The molecular weight excluding hydrogens is 167 g/mol. The predicted molar refractivity (Wildman–Crippen MR) is 33.4 cm³/mol. The average molecular weight is 178 g/mol. The van der Waals surface area contributed by atoms with Crippen LogP contribution in [0.2, 0.25) is 5.31 Å². The van der Waals surface area contributed by atoms with E-state index in [9.17, 15) is 12.9 Å². The van der Waals surface area contributed by atoms with E-state index in [1.165, 1.54) is 13.8 Å². The van der Waals surface area contributed by atoms with Gasteiger partial charge in [0, 0.05) is 0 Å². The molecule has 0 radical (unpaired) electrons. The van der Waals surface area contributed by atoms with Crippen molar-refractivity contribution >= 4 is 6.98 Å². The van der Waals surface area contributed by atoms with Crippen LogP contribution in [0.3, 0.4) is 0 Å². The van der Waals surface area contributed by atoms with E-state index in [0.717, 1.165) is 0 Å². The molecule has 0 heterocycles. The zero-order valence-electron chi connectivity index (χ0n) is 6.92. The fourth-order valence-corrected chi connectivity index (χ4v) is 0.231. The minimum Gasteiger partial charge on any atom is -0.449 e. The van der Waals surface area contributed by atoms with Gasteiger partial charge in [-0.3, -0.25) is 0 Å². The van der Waals surface area contributed by atoms with Crippen LogP contribution < -0.4 is 51.4 Å². The molecule has 0 aliphatic carbocycles. The average Bonchev–Trinajstić information content (AvgIpc) is 1.64. The third-order valence-electron chi connectivity index (χ3n) is 1.80. The van der Waals surface area contributed by atoms with Crippen molar-refractivity contribution in [3.8, 4) is 0 Å².